The fourth-order valence-electron chi connectivity index (χ4n) is 1.70. The average Bonchev–Trinajstić information content (AvgIpc) is 2.66. The van der Waals surface area contributed by atoms with Crippen molar-refractivity contribution in [3.05, 3.63) is 42.2 Å². The third-order valence-electron chi connectivity index (χ3n) is 2.41. The second-order valence-corrected chi connectivity index (χ2v) is 3.53. The summed E-state index contributed by atoms with van der Waals surface area (Å²) in [5, 5.41) is 13.1. The average molecular weight is 202 g/mol. The molecule has 3 nitrogen and oxygen atoms in total. The van der Waals surface area contributed by atoms with Crippen LogP contribution in [0.5, 0.6) is 0 Å². The standard InChI is InChI=1S/C12H14N2O/c1-14-9-11(8-13-14)12-5-3-2-4-10(12)6-7-15/h2-5,8-9,15H,6-7H2,1H3. The molecule has 0 bridgehead atoms. The lowest BCUT2D eigenvalue weighted by Crippen LogP contribution is -1.93. The van der Waals surface area contributed by atoms with Crippen molar-refractivity contribution >= 4 is 0 Å². The lowest BCUT2D eigenvalue weighted by atomic mass is 10.0. The molecule has 0 amide bonds. The Morgan fingerprint density at radius 3 is 2.80 bits per heavy atom. The first-order valence-corrected chi connectivity index (χ1v) is 4.99. The highest BCUT2D eigenvalue weighted by Crippen LogP contribution is 2.22. The Morgan fingerprint density at radius 2 is 2.13 bits per heavy atom. The van der Waals surface area contributed by atoms with E-state index in [2.05, 4.69) is 11.2 Å². The van der Waals surface area contributed by atoms with Crippen molar-refractivity contribution in [2.45, 2.75) is 6.42 Å². The molecule has 0 saturated carbocycles. The maximum absolute atomic E-state index is 8.98. The highest BCUT2D eigenvalue weighted by Gasteiger charge is 2.05. The monoisotopic (exact) mass is 202 g/mol. The molecule has 1 heterocycles. The molecule has 0 atom stereocenters. The normalized spacial score (nSPS) is 10.5. The van der Waals surface area contributed by atoms with E-state index in [0.717, 1.165) is 16.7 Å². The Morgan fingerprint density at radius 1 is 1.33 bits per heavy atom. The van der Waals surface area contributed by atoms with Gasteiger partial charge in [0.2, 0.25) is 0 Å². The molecule has 0 spiro atoms. The minimum atomic E-state index is 0.178. The van der Waals surface area contributed by atoms with Crippen LogP contribution in [0.2, 0.25) is 0 Å². The van der Waals surface area contributed by atoms with E-state index in [1.807, 2.05) is 37.6 Å². The second-order valence-electron chi connectivity index (χ2n) is 3.53. The molecule has 0 fully saturated rings. The van der Waals surface area contributed by atoms with Crippen LogP contribution in [-0.4, -0.2) is 21.5 Å². The smallest absolute Gasteiger partial charge is 0.0568 e. The van der Waals surface area contributed by atoms with Crippen LogP contribution in [0.1, 0.15) is 5.56 Å². The Labute approximate surface area is 89.0 Å². The van der Waals surface area contributed by atoms with Gasteiger partial charge in [-0.1, -0.05) is 24.3 Å². The van der Waals surface area contributed by atoms with Gasteiger partial charge in [-0.05, 0) is 17.5 Å². The van der Waals surface area contributed by atoms with Gasteiger partial charge in [-0.15, -0.1) is 0 Å². The van der Waals surface area contributed by atoms with Crippen LogP contribution in [0.3, 0.4) is 0 Å². The SMILES string of the molecule is Cn1cc(-c2ccccc2CCO)cn1. The van der Waals surface area contributed by atoms with Crippen LogP contribution in [0, 0.1) is 0 Å². The van der Waals surface area contributed by atoms with Crippen LogP contribution in [0.25, 0.3) is 11.1 Å². The van der Waals surface area contributed by atoms with E-state index in [0.29, 0.717) is 6.42 Å². The summed E-state index contributed by atoms with van der Waals surface area (Å²) in [4.78, 5) is 0. The van der Waals surface area contributed by atoms with E-state index in [4.69, 9.17) is 5.11 Å². The molecule has 1 N–H and O–H groups in total. The molecule has 2 aromatic rings. The molecule has 0 saturated heterocycles. The van der Waals surface area contributed by atoms with Gasteiger partial charge in [-0.25, -0.2) is 0 Å². The van der Waals surface area contributed by atoms with Crippen LogP contribution in [-0.2, 0) is 13.5 Å². The summed E-state index contributed by atoms with van der Waals surface area (Å²) in [5.74, 6) is 0. The van der Waals surface area contributed by atoms with E-state index in [1.54, 1.807) is 4.68 Å². The van der Waals surface area contributed by atoms with Crippen molar-refractivity contribution in [2.75, 3.05) is 6.61 Å². The van der Waals surface area contributed by atoms with Crippen molar-refractivity contribution in [3.63, 3.8) is 0 Å². The van der Waals surface area contributed by atoms with E-state index >= 15 is 0 Å². The van der Waals surface area contributed by atoms with E-state index in [-0.39, 0.29) is 6.61 Å². The molecular weight excluding hydrogens is 188 g/mol. The Balaban J connectivity index is 2.42. The number of aliphatic hydroxyl groups is 1. The minimum Gasteiger partial charge on any atom is -0.396 e. The first kappa shape index (κ1) is 9.93. The maximum Gasteiger partial charge on any atom is 0.0568 e. The van der Waals surface area contributed by atoms with E-state index in [9.17, 15) is 0 Å². The number of aromatic nitrogens is 2. The fourth-order valence-corrected chi connectivity index (χ4v) is 1.70. The Hall–Kier alpha value is -1.61. The van der Waals surface area contributed by atoms with Crippen molar-refractivity contribution in [1.82, 2.24) is 9.78 Å². The van der Waals surface area contributed by atoms with Crippen LogP contribution >= 0.6 is 0 Å². The summed E-state index contributed by atoms with van der Waals surface area (Å²) in [6.07, 6.45) is 4.51. The zero-order valence-corrected chi connectivity index (χ0v) is 8.72. The number of aliphatic hydroxyl groups excluding tert-OH is 1. The number of rotatable bonds is 3. The maximum atomic E-state index is 8.98. The third-order valence-corrected chi connectivity index (χ3v) is 2.41. The summed E-state index contributed by atoms with van der Waals surface area (Å²) >= 11 is 0. The van der Waals surface area contributed by atoms with Crippen molar-refractivity contribution in [2.24, 2.45) is 7.05 Å². The zero-order valence-electron chi connectivity index (χ0n) is 8.72. The lowest BCUT2D eigenvalue weighted by molar-refractivity contribution is 0.300. The minimum absolute atomic E-state index is 0.178. The molecule has 0 radical (unpaired) electrons. The van der Waals surface area contributed by atoms with Crippen LogP contribution < -0.4 is 0 Å². The summed E-state index contributed by atoms with van der Waals surface area (Å²) < 4.78 is 1.78. The number of aryl methyl sites for hydroxylation is 1. The number of hydrogen-bond donors (Lipinski definition) is 1. The molecule has 0 unspecified atom stereocenters. The zero-order chi connectivity index (χ0) is 10.7. The third kappa shape index (κ3) is 2.07. The van der Waals surface area contributed by atoms with Gasteiger partial charge >= 0.3 is 0 Å². The highest BCUT2D eigenvalue weighted by molar-refractivity contribution is 5.65. The topological polar surface area (TPSA) is 38.0 Å². The molecular formula is C12H14N2O. The Kier molecular flexibility index (Phi) is 2.83. The quantitative estimate of drug-likeness (QED) is 0.821. The fraction of sp³-hybridized carbons (Fsp3) is 0.250. The van der Waals surface area contributed by atoms with E-state index < -0.39 is 0 Å². The van der Waals surface area contributed by atoms with Gasteiger partial charge < -0.3 is 5.11 Å². The predicted molar refractivity (Wildman–Crippen MR) is 59.4 cm³/mol. The van der Waals surface area contributed by atoms with E-state index in [1.165, 1.54) is 0 Å². The molecule has 1 aromatic carbocycles. The van der Waals surface area contributed by atoms with Gasteiger partial charge in [-0.2, -0.15) is 5.10 Å². The molecule has 2 rings (SSSR count). The van der Waals surface area contributed by atoms with Crippen molar-refractivity contribution in [1.29, 1.82) is 0 Å². The second kappa shape index (κ2) is 4.28. The summed E-state index contributed by atoms with van der Waals surface area (Å²) in [7, 11) is 1.90. The molecule has 3 heteroatoms. The number of hydrogen-bond acceptors (Lipinski definition) is 2. The lowest BCUT2D eigenvalue weighted by Gasteiger charge is -2.05. The molecule has 15 heavy (non-hydrogen) atoms. The first-order chi connectivity index (χ1) is 7.31. The van der Waals surface area contributed by atoms with Gasteiger partial charge in [0.1, 0.15) is 0 Å². The first-order valence-electron chi connectivity index (χ1n) is 4.99. The van der Waals surface area contributed by atoms with Gasteiger partial charge in [0, 0.05) is 25.4 Å². The molecule has 0 aliphatic heterocycles. The highest BCUT2D eigenvalue weighted by atomic mass is 16.2. The molecule has 0 aliphatic rings. The van der Waals surface area contributed by atoms with Gasteiger partial charge in [0.25, 0.3) is 0 Å². The van der Waals surface area contributed by atoms with Crippen LogP contribution in [0.4, 0.5) is 0 Å². The van der Waals surface area contributed by atoms with Gasteiger partial charge in [0.15, 0.2) is 0 Å². The van der Waals surface area contributed by atoms with Gasteiger partial charge in [0.05, 0.1) is 6.20 Å². The predicted octanol–water partition coefficient (Wildman–Crippen LogP) is 1.62. The molecule has 78 valence electrons. The summed E-state index contributed by atoms with van der Waals surface area (Å²) in [5.41, 5.74) is 3.41. The molecule has 0 aliphatic carbocycles. The van der Waals surface area contributed by atoms with Crippen molar-refractivity contribution in [3.8, 4) is 11.1 Å². The number of nitrogens with zero attached hydrogens (tertiary/aromatic N) is 2. The molecule has 1 aromatic heterocycles. The summed E-state index contributed by atoms with van der Waals surface area (Å²) in [6.45, 7) is 0.178. The summed E-state index contributed by atoms with van der Waals surface area (Å²) in [6, 6.07) is 8.09. The van der Waals surface area contributed by atoms with Gasteiger partial charge in [-0.3, -0.25) is 4.68 Å². The van der Waals surface area contributed by atoms with Crippen molar-refractivity contribution < 1.29 is 5.11 Å². The largest absolute Gasteiger partial charge is 0.396 e. The Bertz CT molecular complexity index is 448. The number of benzene rings is 1. The van der Waals surface area contributed by atoms with Crippen LogP contribution in [0.15, 0.2) is 36.7 Å².